The van der Waals surface area contributed by atoms with Gasteiger partial charge in [-0.2, -0.15) is 0 Å². The zero-order chi connectivity index (χ0) is 17.2. The maximum absolute atomic E-state index is 13.1. The van der Waals surface area contributed by atoms with E-state index in [1.165, 1.54) is 12.1 Å². The molecule has 0 aliphatic carbocycles. The van der Waals surface area contributed by atoms with Crippen LogP contribution in [0, 0.1) is 11.7 Å². The molecule has 2 fully saturated rings. The summed E-state index contributed by atoms with van der Waals surface area (Å²) in [6.45, 7) is 3.47. The molecule has 4 rings (SSSR count). The lowest BCUT2D eigenvalue weighted by atomic mass is 9.86. The Morgan fingerprint density at radius 3 is 2.56 bits per heavy atom. The molecule has 5 nitrogen and oxygen atoms in total. The predicted molar refractivity (Wildman–Crippen MR) is 93.1 cm³/mol. The van der Waals surface area contributed by atoms with Crippen molar-refractivity contribution in [1.82, 2.24) is 14.9 Å². The predicted octanol–water partition coefficient (Wildman–Crippen LogP) is 2.40. The molecule has 0 bridgehead atoms. The highest BCUT2D eigenvalue weighted by Gasteiger charge is 2.36. The van der Waals surface area contributed by atoms with Gasteiger partial charge in [0, 0.05) is 56.1 Å². The highest BCUT2D eigenvalue weighted by molar-refractivity contribution is 5.98. The van der Waals surface area contributed by atoms with Crippen molar-refractivity contribution in [3.63, 3.8) is 0 Å². The van der Waals surface area contributed by atoms with Gasteiger partial charge < -0.3 is 4.90 Å². The van der Waals surface area contributed by atoms with E-state index >= 15 is 0 Å². The SMILES string of the molecule is O=C(c1ccc(F)cc1)C1CCC2CN(c3ncccn3)CCN2C1. The molecule has 2 aromatic rings. The van der Waals surface area contributed by atoms with E-state index in [0.717, 1.165) is 45.0 Å². The van der Waals surface area contributed by atoms with E-state index in [1.54, 1.807) is 24.5 Å². The molecule has 1 aromatic carbocycles. The molecule has 0 spiro atoms. The number of piperazine rings is 1. The van der Waals surface area contributed by atoms with Gasteiger partial charge in [-0.15, -0.1) is 0 Å². The van der Waals surface area contributed by atoms with E-state index in [9.17, 15) is 9.18 Å². The van der Waals surface area contributed by atoms with Crippen molar-refractivity contribution in [1.29, 1.82) is 0 Å². The van der Waals surface area contributed by atoms with Gasteiger partial charge in [-0.3, -0.25) is 9.69 Å². The Morgan fingerprint density at radius 1 is 1.04 bits per heavy atom. The van der Waals surface area contributed by atoms with Crippen LogP contribution in [0.2, 0.25) is 0 Å². The number of halogens is 1. The number of benzene rings is 1. The first kappa shape index (κ1) is 16.1. The van der Waals surface area contributed by atoms with Crippen LogP contribution < -0.4 is 4.90 Å². The van der Waals surface area contributed by atoms with Crippen LogP contribution in [-0.4, -0.2) is 52.9 Å². The van der Waals surface area contributed by atoms with Crippen molar-refractivity contribution in [3.05, 3.63) is 54.1 Å². The number of carbonyl (C=O) groups excluding carboxylic acids is 1. The molecule has 3 heterocycles. The Morgan fingerprint density at radius 2 is 1.80 bits per heavy atom. The van der Waals surface area contributed by atoms with Gasteiger partial charge in [0.1, 0.15) is 5.82 Å². The summed E-state index contributed by atoms with van der Waals surface area (Å²) >= 11 is 0. The van der Waals surface area contributed by atoms with Gasteiger partial charge in [0.05, 0.1) is 0 Å². The molecule has 0 N–H and O–H groups in total. The minimum atomic E-state index is -0.306. The summed E-state index contributed by atoms with van der Waals surface area (Å²) in [7, 11) is 0. The number of fused-ring (bicyclic) bond motifs is 1. The summed E-state index contributed by atoms with van der Waals surface area (Å²) in [5, 5.41) is 0. The van der Waals surface area contributed by atoms with E-state index in [-0.39, 0.29) is 17.5 Å². The molecule has 2 atom stereocenters. The fraction of sp³-hybridized carbons (Fsp3) is 0.421. The van der Waals surface area contributed by atoms with Crippen molar-refractivity contribution in [2.75, 3.05) is 31.1 Å². The molecule has 0 saturated carbocycles. The maximum atomic E-state index is 13.1. The van der Waals surface area contributed by atoms with Crippen molar-refractivity contribution < 1.29 is 9.18 Å². The molecule has 2 aliphatic heterocycles. The maximum Gasteiger partial charge on any atom is 0.225 e. The summed E-state index contributed by atoms with van der Waals surface area (Å²) in [6, 6.07) is 8.17. The number of aromatic nitrogens is 2. The molecule has 2 aliphatic rings. The van der Waals surface area contributed by atoms with Gasteiger partial charge in [0.15, 0.2) is 5.78 Å². The second-order valence-corrected chi connectivity index (χ2v) is 6.79. The Kier molecular flexibility index (Phi) is 4.44. The van der Waals surface area contributed by atoms with Crippen molar-refractivity contribution >= 4 is 11.7 Å². The third-order valence-electron chi connectivity index (χ3n) is 5.24. The first-order valence-corrected chi connectivity index (χ1v) is 8.76. The average molecular weight is 340 g/mol. The zero-order valence-corrected chi connectivity index (χ0v) is 14.0. The van der Waals surface area contributed by atoms with Crippen LogP contribution in [-0.2, 0) is 0 Å². The second-order valence-electron chi connectivity index (χ2n) is 6.79. The number of carbonyl (C=O) groups is 1. The number of ketones is 1. The second kappa shape index (κ2) is 6.88. The number of nitrogens with zero attached hydrogens (tertiary/aromatic N) is 4. The Labute approximate surface area is 146 Å². The lowest BCUT2D eigenvalue weighted by molar-refractivity contribution is 0.0674. The van der Waals surface area contributed by atoms with Gasteiger partial charge >= 0.3 is 0 Å². The van der Waals surface area contributed by atoms with E-state index < -0.39 is 0 Å². The first-order chi connectivity index (χ1) is 12.2. The molecule has 1 aromatic heterocycles. The molecule has 2 unspecified atom stereocenters. The van der Waals surface area contributed by atoms with Crippen LogP contribution in [0.1, 0.15) is 23.2 Å². The molecule has 6 heteroatoms. The van der Waals surface area contributed by atoms with Gasteiger partial charge in [-0.1, -0.05) is 0 Å². The molecule has 0 amide bonds. The Balaban J connectivity index is 1.40. The van der Waals surface area contributed by atoms with Crippen molar-refractivity contribution in [2.45, 2.75) is 18.9 Å². The fourth-order valence-corrected chi connectivity index (χ4v) is 3.88. The smallest absolute Gasteiger partial charge is 0.225 e. The van der Waals surface area contributed by atoms with Crippen molar-refractivity contribution in [3.8, 4) is 0 Å². The van der Waals surface area contributed by atoms with E-state index in [1.807, 2.05) is 6.07 Å². The third-order valence-corrected chi connectivity index (χ3v) is 5.24. The molecule has 0 radical (unpaired) electrons. The van der Waals surface area contributed by atoms with Crippen LogP contribution in [0.25, 0.3) is 0 Å². The number of rotatable bonds is 3. The van der Waals surface area contributed by atoms with Crippen molar-refractivity contribution in [2.24, 2.45) is 5.92 Å². The first-order valence-electron chi connectivity index (χ1n) is 8.76. The van der Waals surface area contributed by atoms with Gasteiger partial charge in [-0.05, 0) is 43.2 Å². The quantitative estimate of drug-likeness (QED) is 0.803. The number of hydrogen-bond acceptors (Lipinski definition) is 5. The lowest BCUT2D eigenvalue weighted by Crippen LogP contribution is -2.57. The van der Waals surface area contributed by atoms with Gasteiger partial charge in [0.2, 0.25) is 5.95 Å². The summed E-state index contributed by atoms with van der Waals surface area (Å²) < 4.78 is 13.1. The van der Waals surface area contributed by atoms with Crippen LogP contribution in [0.5, 0.6) is 0 Å². The highest BCUT2D eigenvalue weighted by atomic mass is 19.1. The number of piperidine rings is 1. The summed E-state index contributed by atoms with van der Waals surface area (Å²) in [4.78, 5) is 26.0. The summed E-state index contributed by atoms with van der Waals surface area (Å²) in [5.41, 5.74) is 0.612. The normalized spacial score (nSPS) is 24.0. The number of hydrogen-bond donors (Lipinski definition) is 0. The van der Waals surface area contributed by atoms with E-state index in [0.29, 0.717) is 11.6 Å². The lowest BCUT2D eigenvalue weighted by Gasteiger charge is -2.46. The van der Waals surface area contributed by atoms with Gasteiger partial charge in [-0.25, -0.2) is 14.4 Å². The van der Waals surface area contributed by atoms with Crippen LogP contribution in [0.15, 0.2) is 42.7 Å². The molecular weight excluding hydrogens is 319 g/mol. The summed E-state index contributed by atoms with van der Waals surface area (Å²) in [5.74, 6) is 0.611. The number of anilines is 1. The Hall–Kier alpha value is -2.34. The average Bonchev–Trinajstić information content (AvgIpc) is 2.68. The highest BCUT2D eigenvalue weighted by Crippen LogP contribution is 2.28. The third kappa shape index (κ3) is 3.39. The Bertz CT molecular complexity index is 737. The molecule has 130 valence electrons. The van der Waals surface area contributed by atoms with E-state index in [4.69, 9.17) is 0 Å². The largest absolute Gasteiger partial charge is 0.338 e. The molecule has 25 heavy (non-hydrogen) atoms. The van der Waals surface area contributed by atoms with E-state index in [2.05, 4.69) is 19.8 Å². The zero-order valence-electron chi connectivity index (χ0n) is 14.0. The fourth-order valence-electron chi connectivity index (χ4n) is 3.88. The van der Waals surface area contributed by atoms with Gasteiger partial charge in [0.25, 0.3) is 0 Å². The minimum Gasteiger partial charge on any atom is -0.338 e. The van der Waals surface area contributed by atoms with Crippen LogP contribution >= 0.6 is 0 Å². The minimum absolute atomic E-state index is 0.00114. The summed E-state index contributed by atoms with van der Waals surface area (Å²) in [6.07, 6.45) is 5.40. The molecule has 2 saturated heterocycles. The van der Waals surface area contributed by atoms with Crippen LogP contribution in [0.4, 0.5) is 10.3 Å². The monoisotopic (exact) mass is 340 g/mol. The number of Topliss-reactive ketones (excluding diaryl/α,β-unsaturated/α-hetero) is 1. The topological polar surface area (TPSA) is 49.3 Å². The standard InChI is InChI=1S/C19H21FN4O/c20-16-5-2-14(3-6-16)18(25)15-4-7-17-13-24(11-10-23(17)12-15)19-21-8-1-9-22-19/h1-3,5-6,8-9,15,17H,4,7,10-13H2. The van der Waals surface area contributed by atoms with Crippen LogP contribution in [0.3, 0.4) is 0 Å². The molecular formula is C19H21FN4O.